The van der Waals surface area contributed by atoms with Crippen LogP contribution in [-0.2, 0) is 13.1 Å². The Hall–Kier alpha value is -2.26. The van der Waals surface area contributed by atoms with Gasteiger partial charge in [-0.25, -0.2) is 4.79 Å². The van der Waals surface area contributed by atoms with Gasteiger partial charge in [-0.2, -0.15) is 0 Å². The number of hydrogen-bond donors (Lipinski definition) is 2. The minimum absolute atomic E-state index is 0.0443. The van der Waals surface area contributed by atoms with E-state index in [-0.39, 0.29) is 17.9 Å². The second-order valence-corrected chi connectivity index (χ2v) is 8.05. The Morgan fingerprint density at radius 1 is 1.14 bits per heavy atom. The Morgan fingerprint density at radius 3 is 2.59 bits per heavy atom. The molecule has 9 heteroatoms. The van der Waals surface area contributed by atoms with E-state index >= 15 is 0 Å². The van der Waals surface area contributed by atoms with Gasteiger partial charge in [-0.05, 0) is 49.4 Å². The number of hydrogen-bond acceptors (Lipinski definition) is 4. The third-order valence-electron chi connectivity index (χ3n) is 4.86. The number of ether oxygens (including phenoxy) is 1. The molecule has 1 saturated heterocycles. The van der Waals surface area contributed by atoms with Crippen LogP contribution in [0, 0.1) is 5.92 Å². The normalized spacial score (nSPS) is 15.8. The highest BCUT2D eigenvalue weighted by atomic mass is 32.1. The molecule has 1 fully saturated rings. The molecular weight excluding hydrogens is 403 g/mol. The Bertz CT molecular complexity index is 776. The average Bonchev–Trinajstić information content (AvgIpc) is 3.18. The van der Waals surface area contributed by atoms with Gasteiger partial charge < -0.3 is 15.4 Å². The highest BCUT2D eigenvalue weighted by Crippen LogP contribution is 2.26. The van der Waals surface area contributed by atoms with E-state index in [4.69, 9.17) is 0 Å². The van der Waals surface area contributed by atoms with Crippen molar-refractivity contribution in [3.63, 3.8) is 0 Å². The predicted octanol–water partition coefficient (Wildman–Crippen LogP) is 4.36. The molecule has 1 aliphatic heterocycles. The van der Waals surface area contributed by atoms with Crippen LogP contribution in [0.2, 0.25) is 0 Å². The number of carbonyl (C=O) groups is 1. The summed E-state index contributed by atoms with van der Waals surface area (Å²) in [5, 5.41) is 7.50. The zero-order valence-electron chi connectivity index (χ0n) is 15.9. The van der Waals surface area contributed by atoms with Gasteiger partial charge in [0.1, 0.15) is 5.75 Å². The zero-order valence-corrected chi connectivity index (χ0v) is 16.7. The molecule has 5 nitrogen and oxygen atoms in total. The quantitative estimate of drug-likeness (QED) is 0.691. The molecule has 1 aromatic carbocycles. The van der Waals surface area contributed by atoms with Gasteiger partial charge >= 0.3 is 12.4 Å². The molecule has 0 atom stereocenters. The molecule has 2 amide bonds. The van der Waals surface area contributed by atoms with Crippen molar-refractivity contribution in [3.05, 3.63) is 52.2 Å². The molecule has 0 radical (unpaired) electrons. The summed E-state index contributed by atoms with van der Waals surface area (Å²) >= 11 is 1.76. The Labute approximate surface area is 171 Å². The number of benzene rings is 1. The van der Waals surface area contributed by atoms with Crippen LogP contribution in [0.1, 0.15) is 23.3 Å². The van der Waals surface area contributed by atoms with Crippen LogP contribution < -0.4 is 15.4 Å². The van der Waals surface area contributed by atoms with E-state index in [2.05, 4.69) is 37.8 Å². The number of halogens is 3. The molecule has 29 heavy (non-hydrogen) atoms. The van der Waals surface area contributed by atoms with E-state index in [1.54, 1.807) is 17.4 Å². The van der Waals surface area contributed by atoms with Crippen molar-refractivity contribution in [2.45, 2.75) is 32.3 Å². The van der Waals surface area contributed by atoms with Gasteiger partial charge in [-0.3, -0.25) is 4.90 Å². The lowest BCUT2D eigenvalue weighted by Gasteiger charge is -2.31. The Morgan fingerprint density at radius 2 is 1.90 bits per heavy atom. The standard InChI is InChI=1S/C20H24F3N3O2S/c21-20(22,23)28-18-6-2-1-4-16(18)13-25-19(27)24-12-15-7-9-26(10-8-15)14-17-5-3-11-29-17/h1-6,11,15H,7-10,12-14H2,(H2,24,25,27). The van der Waals surface area contributed by atoms with Gasteiger partial charge in [-0.1, -0.05) is 24.3 Å². The number of urea groups is 1. The van der Waals surface area contributed by atoms with E-state index in [9.17, 15) is 18.0 Å². The fourth-order valence-electron chi connectivity index (χ4n) is 3.32. The molecule has 0 bridgehead atoms. The van der Waals surface area contributed by atoms with E-state index < -0.39 is 12.4 Å². The van der Waals surface area contributed by atoms with Crippen LogP contribution in [-0.4, -0.2) is 36.9 Å². The fourth-order valence-corrected chi connectivity index (χ4v) is 4.07. The highest BCUT2D eigenvalue weighted by Gasteiger charge is 2.32. The molecule has 1 aliphatic rings. The topological polar surface area (TPSA) is 53.6 Å². The monoisotopic (exact) mass is 427 g/mol. The number of piperidine rings is 1. The Balaban J connectivity index is 1.37. The lowest BCUT2D eigenvalue weighted by Crippen LogP contribution is -2.41. The van der Waals surface area contributed by atoms with Crippen LogP contribution in [0.25, 0.3) is 0 Å². The summed E-state index contributed by atoms with van der Waals surface area (Å²) in [6.45, 7) is 3.47. The van der Waals surface area contributed by atoms with E-state index in [0.29, 0.717) is 12.5 Å². The van der Waals surface area contributed by atoms with Gasteiger partial charge in [-0.15, -0.1) is 24.5 Å². The van der Waals surface area contributed by atoms with Crippen LogP contribution in [0.3, 0.4) is 0 Å². The average molecular weight is 427 g/mol. The van der Waals surface area contributed by atoms with Gasteiger partial charge in [0.15, 0.2) is 0 Å². The summed E-state index contributed by atoms with van der Waals surface area (Å²) in [4.78, 5) is 15.8. The third-order valence-corrected chi connectivity index (χ3v) is 5.72. The minimum Gasteiger partial charge on any atom is -0.405 e. The van der Waals surface area contributed by atoms with Crippen molar-refractivity contribution in [2.75, 3.05) is 19.6 Å². The van der Waals surface area contributed by atoms with Crippen LogP contribution in [0.15, 0.2) is 41.8 Å². The maximum Gasteiger partial charge on any atom is 0.573 e. The number of amides is 2. The zero-order chi connectivity index (χ0) is 20.7. The Kier molecular flexibility index (Phi) is 7.38. The fraction of sp³-hybridized carbons (Fsp3) is 0.450. The van der Waals surface area contributed by atoms with Crippen LogP contribution >= 0.6 is 11.3 Å². The summed E-state index contributed by atoms with van der Waals surface area (Å²) in [6, 6.07) is 9.57. The summed E-state index contributed by atoms with van der Waals surface area (Å²) in [6.07, 6.45) is -2.75. The first kappa shape index (κ1) is 21.4. The smallest absolute Gasteiger partial charge is 0.405 e. The van der Waals surface area contributed by atoms with E-state index in [1.165, 1.54) is 23.1 Å². The molecule has 2 N–H and O–H groups in total. The first-order valence-electron chi connectivity index (χ1n) is 9.49. The van der Waals surface area contributed by atoms with Crippen molar-refractivity contribution in [3.8, 4) is 5.75 Å². The molecule has 2 heterocycles. The highest BCUT2D eigenvalue weighted by molar-refractivity contribution is 7.09. The maximum atomic E-state index is 12.5. The number of likely N-dealkylation sites (tertiary alicyclic amines) is 1. The molecule has 2 aromatic rings. The first-order valence-corrected chi connectivity index (χ1v) is 10.4. The number of alkyl halides is 3. The number of rotatable bonds is 7. The van der Waals surface area contributed by atoms with Crippen molar-refractivity contribution < 1.29 is 22.7 Å². The lowest BCUT2D eigenvalue weighted by molar-refractivity contribution is -0.274. The number of para-hydroxylation sites is 1. The maximum absolute atomic E-state index is 12.5. The molecule has 158 valence electrons. The molecular formula is C20H24F3N3O2S. The van der Waals surface area contributed by atoms with Crippen molar-refractivity contribution in [2.24, 2.45) is 5.92 Å². The van der Waals surface area contributed by atoms with E-state index in [0.717, 1.165) is 32.5 Å². The second kappa shape index (κ2) is 9.98. The molecule has 0 spiro atoms. The number of nitrogens with zero attached hydrogens (tertiary/aromatic N) is 1. The molecule has 3 rings (SSSR count). The summed E-state index contributed by atoms with van der Waals surface area (Å²) in [7, 11) is 0. The molecule has 1 aromatic heterocycles. The van der Waals surface area contributed by atoms with Gasteiger partial charge in [0, 0.05) is 30.1 Å². The number of thiophene rings is 1. The SMILES string of the molecule is O=C(NCc1ccccc1OC(F)(F)F)NCC1CCN(Cc2cccs2)CC1. The molecule has 0 aliphatic carbocycles. The number of carbonyl (C=O) groups excluding carboxylic acids is 1. The van der Waals surface area contributed by atoms with Crippen molar-refractivity contribution >= 4 is 17.4 Å². The minimum atomic E-state index is -4.77. The third kappa shape index (κ3) is 7.25. The summed E-state index contributed by atoms with van der Waals surface area (Å²) < 4.78 is 41.4. The molecule has 0 saturated carbocycles. The van der Waals surface area contributed by atoms with Crippen LogP contribution in [0.4, 0.5) is 18.0 Å². The van der Waals surface area contributed by atoms with Crippen LogP contribution in [0.5, 0.6) is 5.75 Å². The predicted molar refractivity (Wildman–Crippen MR) is 106 cm³/mol. The van der Waals surface area contributed by atoms with Crippen molar-refractivity contribution in [1.82, 2.24) is 15.5 Å². The first-order chi connectivity index (χ1) is 13.9. The van der Waals surface area contributed by atoms with Gasteiger partial charge in [0.05, 0.1) is 0 Å². The lowest BCUT2D eigenvalue weighted by atomic mass is 9.97. The van der Waals surface area contributed by atoms with Gasteiger partial charge in [0.25, 0.3) is 0 Å². The van der Waals surface area contributed by atoms with E-state index in [1.807, 2.05) is 0 Å². The van der Waals surface area contributed by atoms with Crippen molar-refractivity contribution in [1.29, 1.82) is 0 Å². The number of nitrogens with one attached hydrogen (secondary N) is 2. The van der Waals surface area contributed by atoms with Gasteiger partial charge in [0.2, 0.25) is 0 Å². The second-order valence-electron chi connectivity index (χ2n) is 7.02. The largest absolute Gasteiger partial charge is 0.573 e. The summed E-state index contributed by atoms with van der Waals surface area (Å²) in [5.74, 6) is 0.0968. The molecule has 0 unspecified atom stereocenters. The summed E-state index contributed by atoms with van der Waals surface area (Å²) in [5.41, 5.74) is 0.266.